The van der Waals surface area contributed by atoms with E-state index in [-0.39, 0.29) is 11.7 Å². The second-order valence-corrected chi connectivity index (χ2v) is 5.04. The zero-order valence-corrected chi connectivity index (χ0v) is 10.6. The summed E-state index contributed by atoms with van der Waals surface area (Å²) in [7, 11) is 0. The van der Waals surface area contributed by atoms with Crippen LogP contribution in [0.2, 0.25) is 0 Å². The molecule has 2 aromatic carbocycles. The molecule has 0 amide bonds. The number of carbonyl (C=O) groups excluding carboxylic acids is 1. The molecule has 0 bridgehead atoms. The minimum atomic E-state index is -0.783. The van der Waals surface area contributed by atoms with Crippen molar-refractivity contribution in [2.45, 2.75) is 12.0 Å². The van der Waals surface area contributed by atoms with Gasteiger partial charge in [0.15, 0.2) is 5.60 Å². The molecule has 1 spiro atoms. The second-order valence-electron chi connectivity index (χ2n) is 5.04. The van der Waals surface area contributed by atoms with Crippen molar-refractivity contribution in [2.24, 2.45) is 0 Å². The van der Waals surface area contributed by atoms with E-state index in [4.69, 9.17) is 9.47 Å². The van der Waals surface area contributed by atoms with E-state index in [0.717, 1.165) is 11.1 Å². The molecule has 1 unspecified atom stereocenters. The van der Waals surface area contributed by atoms with E-state index in [1.807, 2.05) is 18.2 Å². The topological polar surface area (TPSA) is 55.8 Å². The van der Waals surface area contributed by atoms with E-state index in [9.17, 15) is 9.90 Å². The quantitative estimate of drug-likeness (QED) is 0.746. The summed E-state index contributed by atoms with van der Waals surface area (Å²) in [6.07, 6.45) is 0.577. The third kappa shape index (κ3) is 1.33. The molecule has 0 aromatic heterocycles. The highest BCUT2D eigenvalue weighted by molar-refractivity contribution is 5.95. The predicted molar refractivity (Wildman–Crippen MR) is 70.9 cm³/mol. The molecule has 4 heteroatoms. The third-order valence-electron chi connectivity index (χ3n) is 3.96. The van der Waals surface area contributed by atoms with E-state index >= 15 is 0 Å². The van der Waals surface area contributed by atoms with Gasteiger partial charge in [-0.3, -0.25) is 0 Å². The van der Waals surface area contributed by atoms with Crippen LogP contribution in [0, 0.1) is 0 Å². The lowest BCUT2D eigenvalue weighted by Gasteiger charge is -2.34. The fourth-order valence-electron chi connectivity index (χ4n) is 3.07. The number of hydrogen-bond donors (Lipinski definition) is 1. The first kappa shape index (κ1) is 11.3. The maximum atomic E-state index is 12.1. The number of phenols is 1. The largest absolute Gasteiger partial charge is 0.508 e. The van der Waals surface area contributed by atoms with Crippen LogP contribution < -0.4 is 4.74 Å². The van der Waals surface area contributed by atoms with Crippen molar-refractivity contribution in [1.29, 1.82) is 0 Å². The number of hydrogen-bond acceptors (Lipinski definition) is 4. The smallest absolute Gasteiger partial charge is 0.339 e. The molecule has 1 N–H and O–H groups in total. The minimum absolute atomic E-state index is 0.137. The summed E-state index contributed by atoms with van der Waals surface area (Å²) >= 11 is 0. The Bertz CT molecular complexity index is 722. The summed E-state index contributed by atoms with van der Waals surface area (Å²) in [4.78, 5) is 12.1. The Kier molecular flexibility index (Phi) is 2.13. The number of esters is 1. The number of phenolic OH excluding ortho intramolecular Hbond substituents is 1. The zero-order valence-electron chi connectivity index (χ0n) is 10.6. The van der Waals surface area contributed by atoms with Gasteiger partial charge < -0.3 is 14.6 Å². The Hall–Kier alpha value is -2.49. The van der Waals surface area contributed by atoms with E-state index in [1.54, 1.807) is 24.3 Å². The van der Waals surface area contributed by atoms with Crippen LogP contribution in [0.5, 0.6) is 11.5 Å². The van der Waals surface area contributed by atoms with E-state index in [2.05, 4.69) is 0 Å². The maximum Gasteiger partial charge on any atom is 0.339 e. The van der Waals surface area contributed by atoms with Gasteiger partial charge in [0.25, 0.3) is 0 Å². The maximum absolute atomic E-state index is 12.1. The first-order valence-electron chi connectivity index (χ1n) is 6.50. The van der Waals surface area contributed by atoms with Gasteiger partial charge in [-0.1, -0.05) is 18.2 Å². The standard InChI is InChI=1S/C16H12O4/c17-10-5-6-13-14(9-10)19-8-7-16(13)12-4-2-1-3-11(12)15(18)20-16/h1-6,9,17H,7-8H2. The normalized spacial score (nSPS) is 22.9. The predicted octanol–water partition coefficient (Wildman–Crippen LogP) is 2.59. The van der Waals surface area contributed by atoms with E-state index in [0.29, 0.717) is 24.3 Å². The number of aromatic hydroxyl groups is 1. The summed E-state index contributed by atoms with van der Waals surface area (Å²) in [5.41, 5.74) is 1.49. The molecule has 0 saturated carbocycles. The molecule has 2 heterocycles. The molecular formula is C16H12O4. The second kappa shape index (κ2) is 3.76. The Labute approximate surface area is 115 Å². The van der Waals surface area contributed by atoms with Gasteiger partial charge in [0, 0.05) is 23.6 Å². The number of rotatable bonds is 0. The van der Waals surface area contributed by atoms with Crippen molar-refractivity contribution in [1.82, 2.24) is 0 Å². The number of fused-ring (bicyclic) bond motifs is 4. The molecule has 20 heavy (non-hydrogen) atoms. The van der Waals surface area contributed by atoms with Crippen LogP contribution in [-0.2, 0) is 10.3 Å². The van der Waals surface area contributed by atoms with Gasteiger partial charge in [-0.15, -0.1) is 0 Å². The van der Waals surface area contributed by atoms with Crippen molar-refractivity contribution < 1.29 is 19.4 Å². The molecule has 2 aromatic rings. The molecule has 2 aliphatic rings. The summed E-state index contributed by atoms with van der Waals surface area (Å²) in [6.45, 7) is 0.443. The first-order valence-corrected chi connectivity index (χ1v) is 6.50. The van der Waals surface area contributed by atoms with Crippen LogP contribution in [0.1, 0.15) is 27.9 Å². The van der Waals surface area contributed by atoms with Crippen molar-refractivity contribution in [3.8, 4) is 11.5 Å². The van der Waals surface area contributed by atoms with Gasteiger partial charge in [-0.05, 0) is 18.2 Å². The molecular weight excluding hydrogens is 256 g/mol. The average molecular weight is 268 g/mol. The lowest BCUT2D eigenvalue weighted by molar-refractivity contribution is -0.00614. The van der Waals surface area contributed by atoms with Crippen molar-refractivity contribution in [3.05, 3.63) is 59.2 Å². The number of benzene rings is 2. The fraction of sp³-hybridized carbons (Fsp3) is 0.188. The van der Waals surface area contributed by atoms with Crippen LogP contribution in [-0.4, -0.2) is 17.7 Å². The molecule has 100 valence electrons. The molecule has 0 radical (unpaired) electrons. The highest BCUT2D eigenvalue weighted by atomic mass is 16.6. The lowest BCUT2D eigenvalue weighted by Crippen LogP contribution is -2.34. The molecule has 4 rings (SSSR count). The van der Waals surface area contributed by atoms with Gasteiger partial charge in [-0.25, -0.2) is 4.79 Å². The van der Waals surface area contributed by atoms with Crippen LogP contribution in [0.4, 0.5) is 0 Å². The molecule has 0 fully saturated rings. The summed E-state index contributed by atoms with van der Waals surface area (Å²) < 4.78 is 11.3. The monoisotopic (exact) mass is 268 g/mol. The van der Waals surface area contributed by atoms with Crippen molar-refractivity contribution in [3.63, 3.8) is 0 Å². The van der Waals surface area contributed by atoms with Gasteiger partial charge in [0.05, 0.1) is 12.2 Å². The average Bonchev–Trinajstić information content (AvgIpc) is 2.73. The van der Waals surface area contributed by atoms with Crippen LogP contribution in [0.15, 0.2) is 42.5 Å². The van der Waals surface area contributed by atoms with Gasteiger partial charge in [-0.2, -0.15) is 0 Å². The van der Waals surface area contributed by atoms with Gasteiger partial charge in [0.2, 0.25) is 0 Å². The highest BCUT2D eigenvalue weighted by Gasteiger charge is 2.49. The van der Waals surface area contributed by atoms with Crippen molar-refractivity contribution >= 4 is 5.97 Å². The van der Waals surface area contributed by atoms with E-state index < -0.39 is 5.60 Å². The van der Waals surface area contributed by atoms with E-state index in [1.165, 1.54) is 0 Å². The van der Waals surface area contributed by atoms with Crippen LogP contribution in [0.25, 0.3) is 0 Å². The van der Waals surface area contributed by atoms with Crippen LogP contribution in [0.3, 0.4) is 0 Å². The molecule has 4 nitrogen and oxygen atoms in total. The van der Waals surface area contributed by atoms with Gasteiger partial charge in [0.1, 0.15) is 11.5 Å². The molecule has 0 aliphatic carbocycles. The summed E-state index contributed by atoms with van der Waals surface area (Å²) in [5.74, 6) is 0.403. The highest BCUT2D eigenvalue weighted by Crippen LogP contribution is 2.50. The summed E-state index contributed by atoms with van der Waals surface area (Å²) in [5, 5.41) is 9.58. The Balaban J connectivity index is 1.99. The fourth-order valence-corrected chi connectivity index (χ4v) is 3.07. The van der Waals surface area contributed by atoms with Crippen LogP contribution >= 0.6 is 0 Å². The molecule has 1 atom stereocenters. The van der Waals surface area contributed by atoms with Crippen molar-refractivity contribution in [2.75, 3.05) is 6.61 Å². The minimum Gasteiger partial charge on any atom is -0.508 e. The molecule has 0 saturated heterocycles. The van der Waals surface area contributed by atoms with Gasteiger partial charge >= 0.3 is 5.97 Å². The Morgan fingerprint density at radius 3 is 2.85 bits per heavy atom. The lowest BCUT2D eigenvalue weighted by atomic mass is 9.81. The number of carbonyl (C=O) groups is 1. The summed E-state index contributed by atoms with van der Waals surface area (Å²) in [6, 6.07) is 12.3. The number of ether oxygens (including phenoxy) is 2. The Morgan fingerprint density at radius 1 is 1.10 bits per heavy atom. The Morgan fingerprint density at radius 2 is 1.95 bits per heavy atom. The SMILES string of the molecule is O=C1OC2(CCOc3cc(O)ccc32)c2ccccc21. The third-order valence-corrected chi connectivity index (χ3v) is 3.96. The molecule has 2 aliphatic heterocycles. The zero-order chi connectivity index (χ0) is 13.7. The first-order chi connectivity index (χ1) is 9.71.